The zero-order chi connectivity index (χ0) is 13.0. The van der Waals surface area contributed by atoms with E-state index in [1.54, 1.807) is 12.4 Å². The van der Waals surface area contributed by atoms with Gasteiger partial charge in [-0.15, -0.1) is 0 Å². The van der Waals surface area contributed by atoms with Crippen molar-refractivity contribution < 1.29 is 4.79 Å². The summed E-state index contributed by atoms with van der Waals surface area (Å²) in [5, 5.41) is 3.17. The normalized spacial score (nSPS) is 23.7. The quantitative estimate of drug-likeness (QED) is 0.849. The average Bonchev–Trinajstić information content (AvgIpc) is 2.41. The zero-order valence-corrected chi connectivity index (χ0v) is 11.4. The van der Waals surface area contributed by atoms with E-state index >= 15 is 0 Å². The molecule has 1 N–H and O–H groups in total. The van der Waals surface area contributed by atoms with Crippen LogP contribution in [0.25, 0.3) is 0 Å². The van der Waals surface area contributed by atoms with Crippen LogP contribution in [0.5, 0.6) is 0 Å². The SMILES string of the molecule is CCNC(=S)C1(c2cccnc2)CCCCC1=O. The Labute approximate surface area is 113 Å². The van der Waals surface area contributed by atoms with Crippen molar-refractivity contribution in [2.75, 3.05) is 6.54 Å². The van der Waals surface area contributed by atoms with Gasteiger partial charge in [0.15, 0.2) is 0 Å². The number of rotatable bonds is 3. The van der Waals surface area contributed by atoms with Gasteiger partial charge in [0.2, 0.25) is 0 Å². The maximum atomic E-state index is 12.5. The number of nitrogens with zero attached hydrogens (tertiary/aromatic N) is 1. The standard InChI is InChI=1S/C14H18N2OS/c1-2-16-13(18)14(8-4-3-7-12(14)17)11-6-5-9-15-10-11/h5-6,9-10H,2-4,7-8H2,1H3,(H,16,18). The van der Waals surface area contributed by atoms with Crippen molar-refractivity contribution in [2.24, 2.45) is 0 Å². The number of carbonyl (C=O) groups is 1. The first kappa shape index (κ1) is 13.1. The molecule has 96 valence electrons. The molecule has 1 atom stereocenters. The van der Waals surface area contributed by atoms with Gasteiger partial charge in [-0.1, -0.05) is 24.7 Å². The second kappa shape index (κ2) is 5.57. The molecule has 1 aliphatic carbocycles. The van der Waals surface area contributed by atoms with Crippen LogP contribution in [-0.2, 0) is 10.2 Å². The summed E-state index contributed by atoms with van der Waals surface area (Å²) in [4.78, 5) is 17.3. The molecular formula is C14H18N2OS. The van der Waals surface area contributed by atoms with Gasteiger partial charge >= 0.3 is 0 Å². The van der Waals surface area contributed by atoms with E-state index in [1.807, 2.05) is 19.1 Å². The third kappa shape index (κ3) is 2.17. The number of carbonyl (C=O) groups excluding carboxylic acids is 1. The first-order valence-corrected chi connectivity index (χ1v) is 6.84. The predicted molar refractivity (Wildman–Crippen MR) is 75.7 cm³/mol. The van der Waals surface area contributed by atoms with E-state index in [0.29, 0.717) is 11.4 Å². The van der Waals surface area contributed by atoms with E-state index in [1.165, 1.54) is 0 Å². The molecule has 1 aromatic rings. The molecule has 0 aromatic carbocycles. The summed E-state index contributed by atoms with van der Waals surface area (Å²) in [5.41, 5.74) is 0.290. The number of ketones is 1. The Morgan fingerprint density at radius 2 is 2.39 bits per heavy atom. The molecule has 1 aliphatic rings. The maximum Gasteiger partial charge on any atom is 0.150 e. The van der Waals surface area contributed by atoms with Crippen LogP contribution >= 0.6 is 12.2 Å². The molecule has 0 radical (unpaired) electrons. The van der Waals surface area contributed by atoms with E-state index in [9.17, 15) is 4.79 Å². The lowest BCUT2D eigenvalue weighted by molar-refractivity contribution is -0.123. The number of likely N-dealkylation sites (N-methyl/N-ethyl adjacent to an activating group) is 1. The van der Waals surface area contributed by atoms with Crippen LogP contribution in [0.4, 0.5) is 0 Å². The molecule has 1 aromatic heterocycles. The molecule has 0 amide bonds. The Bertz CT molecular complexity index is 446. The van der Waals surface area contributed by atoms with Crippen molar-refractivity contribution >= 4 is 23.0 Å². The molecule has 0 saturated heterocycles. The van der Waals surface area contributed by atoms with E-state index < -0.39 is 5.41 Å². The van der Waals surface area contributed by atoms with Crippen LogP contribution in [0.2, 0.25) is 0 Å². The smallest absolute Gasteiger partial charge is 0.150 e. The Morgan fingerprint density at radius 1 is 1.56 bits per heavy atom. The molecular weight excluding hydrogens is 244 g/mol. The van der Waals surface area contributed by atoms with Crippen LogP contribution in [0, 0.1) is 0 Å². The second-order valence-electron chi connectivity index (χ2n) is 4.64. The summed E-state index contributed by atoms with van der Waals surface area (Å²) < 4.78 is 0. The summed E-state index contributed by atoms with van der Waals surface area (Å²) in [5.74, 6) is 0.229. The molecule has 0 aliphatic heterocycles. The molecule has 1 fully saturated rings. The molecule has 0 spiro atoms. The fourth-order valence-electron chi connectivity index (χ4n) is 2.63. The third-order valence-corrected chi connectivity index (χ3v) is 4.05. The summed E-state index contributed by atoms with van der Waals surface area (Å²) in [6.07, 6.45) is 6.90. The highest BCUT2D eigenvalue weighted by molar-refractivity contribution is 7.80. The first-order valence-electron chi connectivity index (χ1n) is 6.44. The fraction of sp³-hybridized carbons (Fsp3) is 0.500. The Kier molecular flexibility index (Phi) is 4.07. The summed E-state index contributed by atoms with van der Waals surface area (Å²) in [6.45, 7) is 2.74. The lowest BCUT2D eigenvalue weighted by atomic mass is 9.68. The van der Waals surface area contributed by atoms with Crippen LogP contribution in [-0.4, -0.2) is 22.3 Å². The topological polar surface area (TPSA) is 42.0 Å². The number of aromatic nitrogens is 1. The molecule has 4 heteroatoms. The maximum absolute atomic E-state index is 12.5. The summed E-state index contributed by atoms with van der Waals surface area (Å²) in [7, 11) is 0. The van der Waals surface area contributed by atoms with Gasteiger partial charge in [0.25, 0.3) is 0 Å². The Hall–Kier alpha value is -1.29. The molecule has 1 heterocycles. The van der Waals surface area contributed by atoms with Gasteiger partial charge in [0, 0.05) is 25.4 Å². The van der Waals surface area contributed by atoms with Crippen LogP contribution in [0.1, 0.15) is 38.2 Å². The number of nitrogens with one attached hydrogen (secondary N) is 1. The number of hydrogen-bond donors (Lipinski definition) is 1. The van der Waals surface area contributed by atoms with Gasteiger partial charge in [-0.05, 0) is 31.4 Å². The number of Topliss-reactive ketones (excluding diaryl/α,β-unsaturated/α-hetero) is 1. The minimum absolute atomic E-state index is 0.229. The Morgan fingerprint density at radius 3 is 3.00 bits per heavy atom. The van der Waals surface area contributed by atoms with Crippen LogP contribution in [0.3, 0.4) is 0 Å². The van der Waals surface area contributed by atoms with Gasteiger partial charge < -0.3 is 5.32 Å². The minimum atomic E-state index is -0.641. The van der Waals surface area contributed by atoms with Crippen molar-refractivity contribution in [3.8, 4) is 0 Å². The van der Waals surface area contributed by atoms with Crippen molar-refractivity contribution in [2.45, 2.75) is 38.0 Å². The first-order chi connectivity index (χ1) is 8.71. The number of hydrogen-bond acceptors (Lipinski definition) is 3. The molecule has 1 unspecified atom stereocenters. The molecule has 1 saturated carbocycles. The molecule has 3 nitrogen and oxygen atoms in total. The van der Waals surface area contributed by atoms with Gasteiger partial charge in [-0.2, -0.15) is 0 Å². The predicted octanol–water partition coefficient (Wildman–Crippen LogP) is 2.40. The third-order valence-electron chi connectivity index (χ3n) is 3.56. The van der Waals surface area contributed by atoms with Crippen molar-refractivity contribution in [3.63, 3.8) is 0 Å². The largest absolute Gasteiger partial charge is 0.379 e. The lowest BCUT2D eigenvalue weighted by Crippen LogP contribution is -2.50. The van der Waals surface area contributed by atoms with Crippen molar-refractivity contribution in [1.82, 2.24) is 10.3 Å². The lowest BCUT2D eigenvalue weighted by Gasteiger charge is -2.36. The number of pyridine rings is 1. The molecule has 2 rings (SSSR count). The Balaban J connectivity index is 2.45. The van der Waals surface area contributed by atoms with Gasteiger partial charge in [0.05, 0.1) is 4.99 Å². The van der Waals surface area contributed by atoms with Crippen LogP contribution < -0.4 is 5.32 Å². The summed E-state index contributed by atoms with van der Waals surface area (Å²) in [6, 6.07) is 3.83. The molecule has 18 heavy (non-hydrogen) atoms. The highest BCUT2D eigenvalue weighted by Crippen LogP contribution is 2.37. The monoisotopic (exact) mass is 262 g/mol. The highest BCUT2D eigenvalue weighted by atomic mass is 32.1. The van der Waals surface area contributed by atoms with E-state index in [0.717, 1.165) is 31.4 Å². The van der Waals surface area contributed by atoms with Crippen LogP contribution in [0.15, 0.2) is 24.5 Å². The van der Waals surface area contributed by atoms with Gasteiger partial charge in [0.1, 0.15) is 11.2 Å². The minimum Gasteiger partial charge on any atom is -0.379 e. The number of thiocarbonyl (C=S) groups is 1. The van der Waals surface area contributed by atoms with Gasteiger partial charge in [-0.3, -0.25) is 9.78 Å². The zero-order valence-electron chi connectivity index (χ0n) is 10.6. The molecule has 0 bridgehead atoms. The van der Waals surface area contributed by atoms with E-state index in [4.69, 9.17) is 12.2 Å². The van der Waals surface area contributed by atoms with Gasteiger partial charge in [-0.25, -0.2) is 0 Å². The fourth-order valence-corrected chi connectivity index (χ4v) is 3.11. The second-order valence-corrected chi connectivity index (χ2v) is 5.05. The highest BCUT2D eigenvalue weighted by Gasteiger charge is 2.45. The summed E-state index contributed by atoms with van der Waals surface area (Å²) >= 11 is 5.48. The van der Waals surface area contributed by atoms with Crippen molar-refractivity contribution in [3.05, 3.63) is 30.1 Å². The van der Waals surface area contributed by atoms with E-state index in [-0.39, 0.29) is 5.78 Å². The average molecular weight is 262 g/mol. The van der Waals surface area contributed by atoms with Crippen molar-refractivity contribution in [1.29, 1.82) is 0 Å². The van der Waals surface area contributed by atoms with E-state index in [2.05, 4.69) is 10.3 Å².